The standard InChI is InChI=1S/C14H14FNO/c15-13-6-4-12(5-7-13)14-8-3-11(10-16-14)2-1-9-17/h3-8,10,17H,1-2,9H2. The highest BCUT2D eigenvalue weighted by molar-refractivity contribution is 5.58. The molecule has 0 spiro atoms. The van der Waals surface area contributed by atoms with Crippen LogP contribution in [0.15, 0.2) is 42.6 Å². The first-order valence-corrected chi connectivity index (χ1v) is 5.61. The van der Waals surface area contributed by atoms with Gasteiger partial charge in [-0.15, -0.1) is 0 Å². The van der Waals surface area contributed by atoms with Crippen molar-refractivity contribution in [3.05, 3.63) is 54.0 Å². The zero-order chi connectivity index (χ0) is 12.1. The van der Waals surface area contributed by atoms with Crippen LogP contribution >= 0.6 is 0 Å². The highest BCUT2D eigenvalue weighted by Crippen LogP contribution is 2.17. The molecule has 1 heterocycles. The first kappa shape index (κ1) is 11.7. The molecule has 0 aliphatic heterocycles. The molecule has 0 aliphatic carbocycles. The summed E-state index contributed by atoms with van der Waals surface area (Å²) in [5.41, 5.74) is 2.84. The van der Waals surface area contributed by atoms with Crippen LogP contribution in [-0.2, 0) is 6.42 Å². The second kappa shape index (κ2) is 5.55. The summed E-state index contributed by atoms with van der Waals surface area (Å²) in [6.45, 7) is 0.194. The van der Waals surface area contributed by atoms with Crippen LogP contribution in [0.5, 0.6) is 0 Å². The minimum Gasteiger partial charge on any atom is -0.396 e. The zero-order valence-electron chi connectivity index (χ0n) is 9.44. The Morgan fingerprint density at radius 2 is 1.82 bits per heavy atom. The molecule has 1 aromatic carbocycles. The van der Waals surface area contributed by atoms with Crippen LogP contribution in [0.25, 0.3) is 11.3 Å². The Kier molecular flexibility index (Phi) is 3.83. The Balaban J connectivity index is 2.14. The molecular formula is C14H14FNO. The van der Waals surface area contributed by atoms with Crippen LogP contribution in [0.2, 0.25) is 0 Å². The van der Waals surface area contributed by atoms with E-state index in [1.54, 1.807) is 18.3 Å². The van der Waals surface area contributed by atoms with Crippen LogP contribution in [-0.4, -0.2) is 16.7 Å². The first-order valence-electron chi connectivity index (χ1n) is 5.61. The molecule has 0 saturated carbocycles. The molecule has 0 unspecified atom stereocenters. The van der Waals surface area contributed by atoms with Crippen LogP contribution in [0.1, 0.15) is 12.0 Å². The van der Waals surface area contributed by atoms with Crippen molar-refractivity contribution in [1.82, 2.24) is 4.98 Å². The third-order valence-corrected chi connectivity index (χ3v) is 2.59. The molecule has 0 fully saturated rings. The monoisotopic (exact) mass is 231 g/mol. The van der Waals surface area contributed by atoms with Crippen molar-refractivity contribution >= 4 is 0 Å². The van der Waals surface area contributed by atoms with Gasteiger partial charge in [-0.3, -0.25) is 4.98 Å². The van der Waals surface area contributed by atoms with Crippen molar-refractivity contribution in [2.24, 2.45) is 0 Å². The largest absolute Gasteiger partial charge is 0.396 e. The van der Waals surface area contributed by atoms with Gasteiger partial charge < -0.3 is 5.11 Å². The second-order valence-corrected chi connectivity index (χ2v) is 3.89. The molecule has 1 N–H and O–H groups in total. The van der Waals surface area contributed by atoms with Crippen LogP contribution in [0.3, 0.4) is 0 Å². The number of rotatable bonds is 4. The third-order valence-electron chi connectivity index (χ3n) is 2.59. The Bertz CT molecular complexity index is 465. The van der Waals surface area contributed by atoms with Crippen molar-refractivity contribution in [3.63, 3.8) is 0 Å². The van der Waals surface area contributed by atoms with Crippen LogP contribution in [0, 0.1) is 5.82 Å². The molecule has 0 atom stereocenters. The molecule has 3 heteroatoms. The van der Waals surface area contributed by atoms with E-state index in [1.165, 1.54) is 12.1 Å². The molecule has 0 aliphatic rings. The number of aromatic nitrogens is 1. The van der Waals surface area contributed by atoms with E-state index in [0.29, 0.717) is 0 Å². The number of halogens is 1. The van der Waals surface area contributed by atoms with Gasteiger partial charge in [0.2, 0.25) is 0 Å². The van der Waals surface area contributed by atoms with Crippen molar-refractivity contribution < 1.29 is 9.50 Å². The normalized spacial score (nSPS) is 10.5. The van der Waals surface area contributed by atoms with E-state index in [1.807, 2.05) is 12.1 Å². The van der Waals surface area contributed by atoms with Gasteiger partial charge in [0.15, 0.2) is 0 Å². The van der Waals surface area contributed by atoms with Crippen molar-refractivity contribution in [2.45, 2.75) is 12.8 Å². The van der Waals surface area contributed by atoms with Crippen molar-refractivity contribution in [2.75, 3.05) is 6.61 Å². The lowest BCUT2D eigenvalue weighted by Crippen LogP contribution is -1.91. The van der Waals surface area contributed by atoms with E-state index in [0.717, 1.165) is 29.7 Å². The number of nitrogens with zero attached hydrogens (tertiary/aromatic N) is 1. The molecule has 1 aromatic heterocycles. The van der Waals surface area contributed by atoms with Crippen LogP contribution in [0.4, 0.5) is 4.39 Å². The minimum absolute atomic E-state index is 0.194. The fourth-order valence-corrected chi connectivity index (χ4v) is 1.65. The second-order valence-electron chi connectivity index (χ2n) is 3.89. The molecule has 88 valence electrons. The van der Waals surface area contributed by atoms with E-state index in [9.17, 15) is 4.39 Å². The first-order chi connectivity index (χ1) is 8.29. The fraction of sp³-hybridized carbons (Fsp3) is 0.214. The fourth-order valence-electron chi connectivity index (χ4n) is 1.65. The summed E-state index contributed by atoms with van der Waals surface area (Å²) in [5, 5.41) is 8.73. The maximum atomic E-state index is 12.8. The number of benzene rings is 1. The van der Waals surface area contributed by atoms with Gasteiger partial charge in [-0.05, 0) is 48.7 Å². The topological polar surface area (TPSA) is 33.1 Å². The lowest BCUT2D eigenvalue weighted by atomic mass is 10.1. The Morgan fingerprint density at radius 1 is 1.06 bits per heavy atom. The molecular weight excluding hydrogens is 217 g/mol. The summed E-state index contributed by atoms with van der Waals surface area (Å²) >= 11 is 0. The van der Waals surface area contributed by atoms with Gasteiger partial charge >= 0.3 is 0 Å². The van der Waals surface area contributed by atoms with E-state index in [2.05, 4.69) is 4.98 Å². The Labute approximate surface area is 99.8 Å². The summed E-state index contributed by atoms with van der Waals surface area (Å²) < 4.78 is 12.8. The number of pyridine rings is 1. The minimum atomic E-state index is -0.242. The van der Waals surface area contributed by atoms with E-state index < -0.39 is 0 Å². The molecule has 0 amide bonds. The Hall–Kier alpha value is -1.74. The Morgan fingerprint density at radius 3 is 2.41 bits per heavy atom. The maximum absolute atomic E-state index is 12.8. The predicted molar refractivity (Wildman–Crippen MR) is 65.0 cm³/mol. The summed E-state index contributed by atoms with van der Waals surface area (Å²) in [6, 6.07) is 10.2. The summed E-state index contributed by atoms with van der Waals surface area (Å²) in [4.78, 5) is 4.33. The van der Waals surface area contributed by atoms with Gasteiger partial charge in [0.25, 0.3) is 0 Å². The highest BCUT2D eigenvalue weighted by Gasteiger charge is 2.00. The smallest absolute Gasteiger partial charge is 0.123 e. The molecule has 17 heavy (non-hydrogen) atoms. The zero-order valence-corrected chi connectivity index (χ0v) is 9.44. The summed E-state index contributed by atoms with van der Waals surface area (Å²) in [6.07, 6.45) is 3.37. The molecule has 2 nitrogen and oxygen atoms in total. The van der Waals surface area contributed by atoms with E-state index >= 15 is 0 Å². The summed E-state index contributed by atoms with van der Waals surface area (Å²) in [5.74, 6) is -0.242. The van der Waals surface area contributed by atoms with Gasteiger partial charge in [-0.25, -0.2) is 4.39 Å². The quantitative estimate of drug-likeness (QED) is 0.877. The van der Waals surface area contributed by atoms with Crippen molar-refractivity contribution in [1.29, 1.82) is 0 Å². The molecule has 2 aromatic rings. The maximum Gasteiger partial charge on any atom is 0.123 e. The predicted octanol–water partition coefficient (Wildman–Crippen LogP) is 2.81. The van der Waals surface area contributed by atoms with Crippen LogP contribution < -0.4 is 0 Å². The van der Waals surface area contributed by atoms with Gasteiger partial charge in [-0.2, -0.15) is 0 Å². The summed E-state index contributed by atoms with van der Waals surface area (Å²) in [7, 11) is 0. The van der Waals surface area contributed by atoms with Gasteiger partial charge in [-0.1, -0.05) is 6.07 Å². The lowest BCUT2D eigenvalue weighted by Gasteiger charge is -2.03. The molecule has 0 saturated heterocycles. The number of hydrogen-bond donors (Lipinski definition) is 1. The molecule has 0 bridgehead atoms. The average molecular weight is 231 g/mol. The van der Waals surface area contributed by atoms with Gasteiger partial charge in [0.1, 0.15) is 5.82 Å². The van der Waals surface area contributed by atoms with Gasteiger partial charge in [0, 0.05) is 18.4 Å². The third kappa shape index (κ3) is 3.11. The van der Waals surface area contributed by atoms with Gasteiger partial charge in [0.05, 0.1) is 5.69 Å². The average Bonchev–Trinajstić information content (AvgIpc) is 2.38. The lowest BCUT2D eigenvalue weighted by molar-refractivity contribution is 0.288. The van der Waals surface area contributed by atoms with E-state index in [4.69, 9.17) is 5.11 Å². The van der Waals surface area contributed by atoms with Crippen molar-refractivity contribution in [3.8, 4) is 11.3 Å². The highest BCUT2D eigenvalue weighted by atomic mass is 19.1. The van der Waals surface area contributed by atoms with E-state index in [-0.39, 0.29) is 12.4 Å². The SMILES string of the molecule is OCCCc1ccc(-c2ccc(F)cc2)nc1. The number of hydrogen-bond acceptors (Lipinski definition) is 2. The number of aliphatic hydroxyl groups excluding tert-OH is 1. The molecule has 2 rings (SSSR count). The number of aryl methyl sites for hydroxylation is 1. The molecule has 0 radical (unpaired) electrons. The number of aliphatic hydroxyl groups is 1.